The molecule has 2 aromatic carbocycles. The van der Waals surface area contributed by atoms with Gasteiger partial charge in [-0.1, -0.05) is 36.0 Å². The molecule has 1 heterocycles. The maximum atomic E-state index is 13.0. The standard InChI is InChI=1S/C25H30Cl2N2O4/c1-32-17-7-9-22(33-2)18(14-17)24-19-5-3-4-10-25(19,31)11-12-29(24)15-23(30)28-21-8-6-16(26)13-20(21)27/h6-9,13-14,19,24,31H,3-5,10-12,15H2,1-2H3,(H,28,30)/t19-,24+,25+/m0/s1. The van der Waals surface area contributed by atoms with Gasteiger partial charge in [-0.05, 0) is 55.7 Å². The first kappa shape index (κ1) is 24.1. The van der Waals surface area contributed by atoms with Crippen molar-refractivity contribution in [2.75, 3.05) is 32.6 Å². The topological polar surface area (TPSA) is 71.0 Å². The van der Waals surface area contributed by atoms with Gasteiger partial charge < -0.3 is 19.9 Å². The Morgan fingerprint density at radius 2 is 1.97 bits per heavy atom. The molecule has 33 heavy (non-hydrogen) atoms. The Hall–Kier alpha value is -1.99. The van der Waals surface area contributed by atoms with Gasteiger partial charge in [-0.2, -0.15) is 0 Å². The van der Waals surface area contributed by atoms with E-state index in [0.717, 1.165) is 37.0 Å². The van der Waals surface area contributed by atoms with Gasteiger partial charge in [0.25, 0.3) is 0 Å². The van der Waals surface area contributed by atoms with Crippen molar-refractivity contribution in [3.63, 3.8) is 0 Å². The largest absolute Gasteiger partial charge is 0.497 e. The van der Waals surface area contributed by atoms with Crippen molar-refractivity contribution in [3.05, 3.63) is 52.0 Å². The van der Waals surface area contributed by atoms with Crippen molar-refractivity contribution in [3.8, 4) is 11.5 Å². The maximum absolute atomic E-state index is 13.0. The minimum absolute atomic E-state index is 0.00655. The number of nitrogens with zero attached hydrogens (tertiary/aromatic N) is 1. The molecule has 6 nitrogen and oxygen atoms in total. The van der Waals surface area contributed by atoms with E-state index < -0.39 is 5.60 Å². The second-order valence-electron chi connectivity index (χ2n) is 8.90. The van der Waals surface area contributed by atoms with Crippen molar-refractivity contribution >= 4 is 34.8 Å². The number of likely N-dealkylation sites (tertiary alicyclic amines) is 1. The highest BCUT2D eigenvalue weighted by Gasteiger charge is 2.50. The molecule has 0 spiro atoms. The van der Waals surface area contributed by atoms with Crippen LogP contribution in [0.5, 0.6) is 11.5 Å². The lowest BCUT2D eigenvalue weighted by Crippen LogP contribution is -2.56. The van der Waals surface area contributed by atoms with Gasteiger partial charge in [-0.15, -0.1) is 0 Å². The highest BCUT2D eigenvalue weighted by atomic mass is 35.5. The Kier molecular flexibility index (Phi) is 7.39. The van der Waals surface area contributed by atoms with E-state index in [0.29, 0.717) is 34.4 Å². The number of halogens is 2. The van der Waals surface area contributed by atoms with Gasteiger partial charge in [0, 0.05) is 29.1 Å². The third-order valence-electron chi connectivity index (χ3n) is 6.98. The maximum Gasteiger partial charge on any atom is 0.238 e. The highest BCUT2D eigenvalue weighted by molar-refractivity contribution is 6.36. The second kappa shape index (κ2) is 10.1. The summed E-state index contributed by atoms with van der Waals surface area (Å²) in [4.78, 5) is 15.2. The van der Waals surface area contributed by atoms with Crippen molar-refractivity contribution in [1.82, 2.24) is 4.90 Å². The number of hydrogen-bond donors (Lipinski definition) is 2. The molecule has 4 rings (SSSR count). The van der Waals surface area contributed by atoms with Crippen molar-refractivity contribution < 1.29 is 19.4 Å². The fourth-order valence-electron chi connectivity index (χ4n) is 5.37. The number of carbonyl (C=O) groups excluding carboxylic acids is 1. The van der Waals surface area contributed by atoms with Crippen molar-refractivity contribution in [1.29, 1.82) is 0 Å². The molecule has 2 aromatic rings. The van der Waals surface area contributed by atoms with Crippen molar-refractivity contribution in [2.45, 2.75) is 43.7 Å². The van der Waals surface area contributed by atoms with Crippen molar-refractivity contribution in [2.24, 2.45) is 5.92 Å². The monoisotopic (exact) mass is 492 g/mol. The molecule has 8 heteroatoms. The number of fused-ring (bicyclic) bond motifs is 1. The number of ether oxygens (including phenoxy) is 2. The number of piperidine rings is 1. The van der Waals surface area contributed by atoms with Gasteiger partial charge in [0.05, 0.1) is 37.1 Å². The zero-order chi connectivity index (χ0) is 23.6. The number of amides is 1. The third kappa shape index (κ3) is 5.09. The highest BCUT2D eigenvalue weighted by Crippen LogP contribution is 2.51. The molecule has 0 unspecified atom stereocenters. The summed E-state index contributed by atoms with van der Waals surface area (Å²) in [6.07, 6.45) is 4.37. The lowest BCUT2D eigenvalue weighted by Gasteiger charge is -2.52. The van der Waals surface area contributed by atoms with Gasteiger partial charge >= 0.3 is 0 Å². The van der Waals surface area contributed by atoms with Gasteiger partial charge in [0.1, 0.15) is 11.5 Å². The van der Waals surface area contributed by atoms with E-state index >= 15 is 0 Å². The van der Waals surface area contributed by atoms with Crippen LogP contribution in [0.2, 0.25) is 10.0 Å². The fraction of sp³-hybridized carbons (Fsp3) is 0.480. The van der Waals surface area contributed by atoms with Crippen LogP contribution in [0.3, 0.4) is 0 Å². The summed E-state index contributed by atoms with van der Waals surface area (Å²) in [7, 11) is 3.27. The molecule has 2 N–H and O–H groups in total. The molecule has 1 aliphatic carbocycles. The van der Waals surface area contributed by atoms with E-state index in [9.17, 15) is 9.90 Å². The van der Waals surface area contributed by atoms with Crippen LogP contribution in [0.25, 0.3) is 0 Å². The van der Waals surface area contributed by atoms with E-state index in [1.54, 1.807) is 32.4 Å². The van der Waals surface area contributed by atoms with E-state index in [1.165, 1.54) is 0 Å². The molecule has 1 amide bonds. The van der Waals surface area contributed by atoms with E-state index in [4.69, 9.17) is 32.7 Å². The number of nitrogens with one attached hydrogen (secondary N) is 1. The third-order valence-corrected chi connectivity index (χ3v) is 7.53. The first-order valence-corrected chi connectivity index (χ1v) is 12.0. The molecular formula is C25H30Cl2N2O4. The summed E-state index contributed by atoms with van der Waals surface area (Å²) in [5.41, 5.74) is 0.704. The summed E-state index contributed by atoms with van der Waals surface area (Å²) in [6.45, 7) is 0.760. The smallest absolute Gasteiger partial charge is 0.238 e. The summed E-state index contributed by atoms with van der Waals surface area (Å²) in [5.74, 6) is 1.26. The summed E-state index contributed by atoms with van der Waals surface area (Å²) >= 11 is 12.2. The number of carbonyl (C=O) groups is 1. The molecule has 1 saturated carbocycles. The van der Waals surface area contributed by atoms with Crippen LogP contribution in [0.1, 0.15) is 43.7 Å². The lowest BCUT2D eigenvalue weighted by atomic mass is 9.66. The quantitative estimate of drug-likeness (QED) is 0.570. The summed E-state index contributed by atoms with van der Waals surface area (Å²) < 4.78 is 11.2. The van der Waals surface area contributed by atoms with Gasteiger partial charge in [-0.25, -0.2) is 0 Å². The van der Waals surface area contributed by atoms with Gasteiger partial charge in [0.2, 0.25) is 5.91 Å². The number of methoxy groups -OCH3 is 2. The SMILES string of the molecule is COc1ccc(OC)c([C@@H]2[C@@H]3CCCC[C@@]3(O)CCN2CC(=O)Nc2ccc(Cl)cc2Cl)c1. The Bertz CT molecular complexity index is 1020. The van der Waals surface area contributed by atoms with E-state index in [-0.39, 0.29) is 24.4 Å². The first-order valence-electron chi connectivity index (χ1n) is 11.3. The number of anilines is 1. The Morgan fingerprint density at radius 3 is 2.70 bits per heavy atom. The summed E-state index contributed by atoms with van der Waals surface area (Å²) in [6, 6.07) is 10.5. The zero-order valence-corrected chi connectivity index (χ0v) is 20.5. The molecule has 1 aliphatic heterocycles. The molecule has 1 saturated heterocycles. The van der Waals surface area contributed by atoms with Gasteiger partial charge in [-0.3, -0.25) is 9.69 Å². The van der Waals surface area contributed by atoms with Crippen LogP contribution in [0.15, 0.2) is 36.4 Å². The summed E-state index contributed by atoms with van der Waals surface area (Å²) in [5, 5.41) is 15.3. The molecular weight excluding hydrogens is 463 g/mol. The number of rotatable bonds is 6. The Morgan fingerprint density at radius 1 is 1.15 bits per heavy atom. The van der Waals surface area contributed by atoms with Crippen LogP contribution in [0, 0.1) is 5.92 Å². The molecule has 3 atom stereocenters. The van der Waals surface area contributed by atoms with Crippen LogP contribution in [0.4, 0.5) is 5.69 Å². The zero-order valence-electron chi connectivity index (χ0n) is 18.9. The average Bonchev–Trinajstić information content (AvgIpc) is 2.80. The molecule has 2 fully saturated rings. The molecule has 0 aromatic heterocycles. The number of aliphatic hydroxyl groups is 1. The molecule has 2 aliphatic rings. The van der Waals surface area contributed by atoms with Gasteiger partial charge in [0.15, 0.2) is 0 Å². The van der Waals surface area contributed by atoms with Crippen LogP contribution >= 0.6 is 23.2 Å². The van der Waals surface area contributed by atoms with Crippen LogP contribution in [-0.4, -0.2) is 48.8 Å². The predicted octanol–water partition coefficient (Wildman–Crippen LogP) is 5.32. The molecule has 178 valence electrons. The minimum atomic E-state index is -0.747. The predicted molar refractivity (Wildman–Crippen MR) is 130 cm³/mol. The molecule has 0 radical (unpaired) electrons. The van der Waals surface area contributed by atoms with E-state index in [1.807, 2.05) is 18.2 Å². The Labute approximate surface area is 204 Å². The normalized spacial score (nSPS) is 25.2. The minimum Gasteiger partial charge on any atom is -0.497 e. The second-order valence-corrected chi connectivity index (χ2v) is 9.75. The van der Waals surface area contributed by atoms with E-state index in [2.05, 4.69) is 10.2 Å². The fourth-order valence-corrected chi connectivity index (χ4v) is 5.82. The van der Waals surface area contributed by atoms with Crippen LogP contribution in [-0.2, 0) is 4.79 Å². The lowest BCUT2D eigenvalue weighted by molar-refractivity contribution is -0.135. The number of benzene rings is 2. The van der Waals surface area contributed by atoms with Crippen LogP contribution < -0.4 is 14.8 Å². The number of hydrogen-bond acceptors (Lipinski definition) is 5. The average molecular weight is 493 g/mol. The molecule has 0 bridgehead atoms. The Balaban J connectivity index is 1.65. The first-order chi connectivity index (χ1) is 15.8.